The fourth-order valence-electron chi connectivity index (χ4n) is 9.60. The lowest BCUT2D eigenvalue weighted by atomic mass is 9.70. The number of rotatable bonds is 3. The molecule has 0 fully saturated rings. The summed E-state index contributed by atoms with van der Waals surface area (Å²) in [7, 11) is 0. The highest BCUT2D eigenvalue weighted by molar-refractivity contribution is 5.73. The third-order valence-electron chi connectivity index (χ3n) is 12.3. The Kier molecular flexibility index (Phi) is 7.41. The van der Waals surface area contributed by atoms with Gasteiger partial charge in [0.1, 0.15) is 81.6 Å². The molecule has 0 aromatic heterocycles. The topological polar surface area (TPSA) is 269 Å². The second kappa shape index (κ2) is 12.3. The van der Waals surface area contributed by atoms with Crippen molar-refractivity contribution in [1.29, 1.82) is 0 Å². The average molecular weight is 831 g/mol. The number of aromatic hydroxyl groups is 8. The van der Waals surface area contributed by atoms with Gasteiger partial charge in [0, 0.05) is 69.6 Å². The molecule has 0 amide bonds. The van der Waals surface area contributed by atoms with Crippen LogP contribution in [0.3, 0.4) is 0 Å². The Morgan fingerprint density at radius 3 is 1.64 bits per heavy atom. The predicted octanol–water partition coefficient (Wildman–Crippen LogP) is 4.63. The molecule has 61 heavy (non-hydrogen) atoms. The maximum Gasteiger partial charge on any atom is 0.305 e. The van der Waals surface area contributed by atoms with Crippen LogP contribution in [-0.4, -0.2) is 74.5 Å². The van der Waals surface area contributed by atoms with E-state index in [-0.39, 0.29) is 97.1 Å². The first-order chi connectivity index (χ1) is 29.2. The zero-order valence-electron chi connectivity index (χ0n) is 31.3. The molecule has 8 atom stereocenters. The van der Waals surface area contributed by atoms with Crippen molar-refractivity contribution in [3.8, 4) is 74.7 Å². The lowest BCUT2D eigenvalue weighted by Crippen LogP contribution is -2.59. The second-order valence-corrected chi connectivity index (χ2v) is 15.8. The third kappa shape index (κ3) is 4.91. The van der Waals surface area contributed by atoms with Crippen LogP contribution >= 0.6 is 0 Å². The molecule has 0 unspecified atom stereocenters. The normalized spacial score (nSPS) is 27.2. The van der Waals surface area contributed by atoms with Crippen LogP contribution in [0.2, 0.25) is 0 Å². The Bertz CT molecular complexity index is 2840. The van der Waals surface area contributed by atoms with E-state index in [9.17, 15) is 56.2 Å². The number of ether oxygens (including phenoxy) is 5. The number of phenols is 8. The molecule has 4 bridgehead atoms. The van der Waals surface area contributed by atoms with Gasteiger partial charge in [-0.3, -0.25) is 0 Å². The summed E-state index contributed by atoms with van der Waals surface area (Å²) in [4.78, 5) is 0. The molecule has 11 N–H and O–H groups in total. The smallest absolute Gasteiger partial charge is 0.305 e. The minimum absolute atomic E-state index is 0.00159. The molecule has 0 radical (unpaired) electrons. The number of fused-ring (bicyclic) bond motifs is 15. The van der Waals surface area contributed by atoms with Gasteiger partial charge < -0.3 is 79.9 Å². The van der Waals surface area contributed by atoms with Crippen molar-refractivity contribution >= 4 is 0 Å². The summed E-state index contributed by atoms with van der Waals surface area (Å²) in [5, 5.41) is 124. The van der Waals surface area contributed by atoms with Gasteiger partial charge >= 0.3 is 11.6 Å². The van der Waals surface area contributed by atoms with Crippen molar-refractivity contribution in [3.05, 3.63) is 136 Å². The number of aliphatic hydroxyl groups excluding tert-OH is 3. The first kappa shape index (κ1) is 36.7. The van der Waals surface area contributed by atoms with Crippen LogP contribution in [0.15, 0.2) is 91.0 Å². The Morgan fingerprint density at radius 2 is 0.984 bits per heavy atom. The van der Waals surface area contributed by atoms with Crippen molar-refractivity contribution in [2.75, 3.05) is 0 Å². The third-order valence-corrected chi connectivity index (χ3v) is 12.3. The van der Waals surface area contributed by atoms with E-state index in [4.69, 9.17) is 23.7 Å². The molecule has 6 aromatic rings. The zero-order chi connectivity index (χ0) is 42.4. The minimum atomic E-state index is -2.36. The number of phenolic OH excluding ortho intramolecular Hbond substituents is 8. The molecular formula is C45H34O16. The summed E-state index contributed by atoms with van der Waals surface area (Å²) in [6, 6.07) is 19.9. The molecule has 6 aromatic carbocycles. The Balaban J connectivity index is 1.20. The number of hydrogen-bond acceptors (Lipinski definition) is 16. The van der Waals surface area contributed by atoms with Crippen LogP contribution in [0.5, 0.6) is 74.7 Å². The van der Waals surface area contributed by atoms with Crippen LogP contribution in [0.1, 0.15) is 62.4 Å². The lowest BCUT2D eigenvalue weighted by Gasteiger charge is -2.53. The molecule has 0 aliphatic carbocycles. The standard InChI is InChI=1S/C45H34O16/c46-20-6-1-17(2-7-20)39-29(54)14-23-25(50)15-31-35(40(23)57-39)38-34-28(53)16-32-36(41(34)61-45(60-31,43(38)56)19-5-10-24(49)26(51)11-19)37-33-27(52)12-22(48)13-30(33)58-44(59-32,42(37)55)18-3-8-21(47)9-4-18/h1-13,15-16,29,37-39,42-43,46-56H,14H2/t29-,37+,38+,39+,42+,43+,44-,45+/m1/s1. The van der Waals surface area contributed by atoms with E-state index in [1.165, 1.54) is 60.7 Å². The number of hydrogen-bond donors (Lipinski definition) is 11. The van der Waals surface area contributed by atoms with Crippen molar-refractivity contribution in [2.45, 2.75) is 54.2 Å². The second-order valence-electron chi connectivity index (χ2n) is 15.8. The molecule has 16 heteroatoms. The number of benzene rings is 6. The van der Waals surface area contributed by atoms with E-state index in [1.807, 2.05) is 0 Å². The molecule has 5 aliphatic heterocycles. The van der Waals surface area contributed by atoms with E-state index in [2.05, 4.69) is 0 Å². The fraction of sp³-hybridized carbons (Fsp3) is 0.200. The van der Waals surface area contributed by atoms with Crippen LogP contribution in [-0.2, 0) is 18.0 Å². The van der Waals surface area contributed by atoms with Gasteiger partial charge in [0.15, 0.2) is 11.5 Å². The quantitative estimate of drug-likeness (QED) is 0.109. The highest BCUT2D eigenvalue weighted by atomic mass is 16.7. The molecule has 310 valence electrons. The molecule has 5 aliphatic rings. The maximum absolute atomic E-state index is 12.7. The monoisotopic (exact) mass is 830 g/mol. The van der Waals surface area contributed by atoms with Gasteiger partial charge in [-0.1, -0.05) is 12.1 Å². The van der Waals surface area contributed by atoms with Gasteiger partial charge in [-0.2, -0.15) is 0 Å². The van der Waals surface area contributed by atoms with E-state index < -0.39 is 70.8 Å². The van der Waals surface area contributed by atoms with Crippen LogP contribution in [0.25, 0.3) is 0 Å². The molecule has 0 saturated carbocycles. The molecule has 16 nitrogen and oxygen atoms in total. The van der Waals surface area contributed by atoms with E-state index in [0.717, 1.165) is 18.2 Å². The summed E-state index contributed by atoms with van der Waals surface area (Å²) in [6.45, 7) is 0. The summed E-state index contributed by atoms with van der Waals surface area (Å²) in [5.74, 6) is -10.6. The van der Waals surface area contributed by atoms with Gasteiger partial charge in [-0.05, 0) is 60.2 Å². The van der Waals surface area contributed by atoms with Gasteiger partial charge in [-0.15, -0.1) is 0 Å². The van der Waals surface area contributed by atoms with Crippen LogP contribution in [0, 0.1) is 0 Å². The van der Waals surface area contributed by atoms with E-state index >= 15 is 0 Å². The Morgan fingerprint density at radius 1 is 0.443 bits per heavy atom. The molecule has 11 rings (SSSR count). The maximum atomic E-state index is 12.7. The fourth-order valence-corrected chi connectivity index (χ4v) is 9.60. The zero-order valence-corrected chi connectivity index (χ0v) is 31.3. The lowest BCUT2D eigenvalue weighted by molar-refractivity contribution is -0.227. The van der Waals surface area contributed by atoms with Crippen molar-refractivity contribution in [2.24, 2.45) is 0 Å². The summed E-state index contributed by atoms with van der Waals surface area (Å²) in [6.07, 6.45) is -5.91. The molecule has 0 spiro atoms. The molecule has 0 saturated heterocycles. The van der Waals surface area contributed by atoms with E-state index in [1.54, 1.807) is 12.1 Å². The number of aliphatic hydroxyl groups is 3. The summed E-state index contributed by atoms with van der Waals surface area (Å²) < 4.78 is 32.8. The first-order valence-corrected chi connectivity index (χ1v) is 19.1. The van der Waals surface area contributed by atoms with Crippen LogP contribution in [0.4, 0.5) is 0 Å². The largest absolute Gasteiger partial charge is 0.508 e. The van der Waals surface area contributed by atoms with Crippen molar-refractivity contribution in [3.63, 3.8) is 0 Å². The SMILES string of the molecule is Oc1ccc([C@@H]2Oc3c(c(O)cc4c3[C@@H]3c5c(O)cc6c(c5O[C@](c5ccc(O)c(O)c5)(O4)[C@H]3O)[C@@H]3c4c(O)cc(O)cc4O[C@](c4ccc(O)cc4)(O6)[C@H]3O)C[C@H]2O)cc1. The minimum Gasteiger partial charge on any atom is -0.508 e. The summed E-state index contributed by atoms with van der Waals surface area (Å²) >= 11 is 0. The molecular weight excluding hydrogens is 796 g/mol. The van der Waals surface area contributed by atoms with Crippen molar-refractivity contribution < 1.29 is 79.9 Å². The highest BCUT2D eigenvalue weighted by Gasteiger charge is 2.64. The van der Waals surface area contributed by atoms with Gasteiger partial charge in [-0.25, -0.2) is 0 Å². The van der Waals surface area contributed by atoms with E-state index in [0.29, 0.717) is 5.56 Å². The highest BCUT2D eigenvalue weighted by Crippen LogP contribution is 2.67. The Labute approximate surface area is 343 Å². The van der Waals surface area contributed by atoms with Crippen molar-refractivity contribution in [1.82, 2.24) is 0 Å². The predicted molar refractivity (Wildman–Crippen MR) is 207 cm³/mol. The van der Waals surface area contributed by atoms with Gasteiger partial charge in [0.25, 0.3) is 0 Å². The van der Waals surface area contributed by atoms with Crippen LogP contribution < -0.4 is 23.7 Å². The molecule has 5 heterocycles. The average Bonchev–Trinajstić information content (AvgIpc) is 3.20. The summed E-state index contributed by atoms with van der Waals surface area (Å²) in [5.41, 5.74) is 0.847. The van der Waals surface area contributed by atoms with Gasteiger partial charge in [0.05, 0.1) is 17.9 Å². The van der Waals surface area contributed by atoms with Gasteiger partial charge in [0.2, 0.25) is 0 Å². The Hall–Kier alpha value is -7.40. The first-order valence-electron chi connectivity index (χ1n) is 19.1.